The quantitative estimate of drug-likeness (QED) is 0.682. The summed E-state index contributed by atoms with van der Waals surface area (Å²) in [5.74, 6) is 1.55. The van der Waals surface area contributed by atoms with Gasteiger partial charge in [-0.25, -0.2) is 0 Å². The maximum absolute atomic E-state index is 10.7. The van der Waals surface area contributed by atoms with E-state index in [4.69, 9.17) is 9.47 Å². The smallest absolute Gasteiger partial charge is 0.231 e. The molecule has 3 heterocycles. The van der Waals surface area contributed by atoms with Crippen molar-refractivity contribution in [2.75, 3.05) is 13.3 Å². The SMILES string of the molecule is O[C@@H]1C=C[C@@]23c4cc5c(cc4CN(C[C@H]2O)[C@H]3C1)OCO5. The van der Waals surface area contributed by atoms with Gasteiger partial charge >= 0.3 is 0 Å². The minimum atomic E-state index is -0.451. The first-order valence-electron chi connectivity index (χ1n) is 7.41. The molecule has 1 aromatic rings. The standard InChI is InChI=1S/C16H17NO4/c18-10-1-2-16-11-5-13-12(20-8-21-13)3-9(11)6-17(7-15(16)19)14(16)4-10/h1-3,5,10,14-15,18-19H,4,6-8H2/t10-,14+,15-,16+/m1/s1. The van der Waals surface area contributed by atoms with Gasteiger partial charge in [-0.05, 0) is 29.7 Å². The summed E-state index contributed by atoms with van der Waals surface area (Å²) < 4.78 is 11.0. The van der Waals surface area contributed by atoms with Crippen LogP contribution in [-0.2, 0) is 12.0 Å². The van der Waals surface area contributed by atoms with Gasteiger partial charge in [0.1, 0.15) is 0 Å². The monoisotopic (exact) mass is 287 g/mol. The van der Waals surface area contributed by atoms with Gasteiger partial charge in [-0.2, -0.15) is 0 Å². The lowest BCUT2D eigenvalue weighted by Crippen LogP contribution is -2.52. The van der Waals surface area contributed by atoms with Crippen molar-refractivity contribution in [3.8, 4) is 11.5 Å². The Bertz CT molecular complexity index is 658. The highest BCUT2D eigenvalue weighted by Crippen LogP contribution is 2.53. The molecule has 5 nitrogen and oxygen atoms in total. The highest BCUT2D eigenvalue weighted by molar-refractivity contribution is 5.56. The molecule has 4 aliphatic rings. The molecule has 0 spiro atoms. The molecule has 21 heavy (non-hydrogen) atoms. The Balaban J connectivity index is 1.76. The molecule has 3 aliphatic heterocycles. The number of ether oxygens (including phenoxy) is 2. The van der Waals surface area contributed by atoms with Crippen LogP contribution in [0, 0.1) is 0 Å². The van der Waals surface area contributed by atoms with E-state index in [0.717, 1.165) is 23.6 Å². The number of hydrogen-bond donors (Lipinski definition) is 2. The Labute approximate surface area is 122 Å². The molecule has 1 saturated heterocycles. The highest BCUT2D eigenvalue weighted by Gasteiger charge is 2.58. The van der Waals surface area contributed by atoms with E-state index in [-0.39, 0.29) is 12.8 Å². The number of benzene rings is 1. The third kappa shape index (κ3) is 1.36. The third-order valence-corrected chi connectivity index (χ3v) is 5.45. The summed E-state index contributed by atoms with van der Waals surface area (Å²) >= 11 is 0. The molecule has 2 bridgehead atoms. The Hall–Kier alpha value is -1.56. The minimum absolute atomic E-state index is 0.153. The van der Waals surface area contributed by atoms with E-state index >= 15 is 0 Å². The second-order valence-corrected chi connectivity index (χ2v) is 6.42. The lowest BCUT2D eigenvalue weighted by Gasteiger charge is -2.45. The van der Waals surface area contributed by atoms with Crippen LogP contribution in [0.1, 0.15) is 17.5 Å². The normalized spacial score (nSPS) is 41.8. The van der Waals surface area contributed by atoms with Crippen LogP contribution in [-0.4, -0.2) is 46.7 Å². The van der Waals surface area contributed by atoms with Crippen LogP contribution in [0.2, 0.25) is 0 Å². The van der Waals surface area contributed by atoms with Crippen molar-refractivity contribution in [1.82, 2.24) is 4.90 Å². The lowest BCUT2D eigenvalue weighted by molar-refractivity contribution is 0.0937. The predicted molar refractivity (Wildman–Crippen MR) is 74.2 cm³/mol. The van der Waals surface area contributed by atoms with E-state index in [9.17, 15) is 10.2 Å². The third-order valence-electron chi connectivity index (χ3n) is 5.45. The number of hydrogen-bond acceptors (Lipinski definition) is 5. The second-order valence-electron chi connectivity index (χ2n) is 6.42. The summed E-state index contributed by atoms with van der Waals surface area (Å²) in [6.07, 6.45) is 3.63. The number of fused-ring (bicyclic) bond motifs is 2. The van der Waals surface area contributed by atoms with E-state index in [1.165, 1.54) is 5.56 Å². The maximum Gasteiger partial charge on any atom is 0.231 e. The van der Waals surface area contributed by atoms with Gasteiger partial charge in [0.15, 0.2) is 11.5 Å². The summed E-state index contributed by atoms with van der Waals surface area (Å²) in [7, 11) is 0. The van der Waals surface area contributed by atoms with E-state index in [2.05, 4.69) is 4.90 Å². The lowest BCUT2D eigenvalue weighted by atomic mass is 9.65. The number of aliphatic hydroxyl groups excluding tert-OH is 2. The van der Waals surface area contributed by atoms with Crippen LogP contribution in [0.5, 0.6) is 11.5 Å². The first-order chi connectivity index (χ1) is 10.2. The van der Waals surface area contributed by atoms with Crippen LogP contribution in [0.15, 0.2) is 24.3 Å². The Morgan fingerprint density at radius 1 is 1.19 bits per heavy atom. The van der Waals surface area contributed by atoms with Crippen molar-refractivity contribution in [1.29, 1.82) is 0 Å². The van der Waals surface area contributed by atoms with E-state index in [1.807, 2.05) is 24.3 Å². The Morgan fingerprint density at radius 3 is 2.86 bits per heavy atom. The van der Waals surface area contributed by atoms with E-state index < -0.39 is 17.6 Å². The first kappa shape index (κ1) is 12.0. The van der Waals surface area contributed by atoms with Gasteiger partial charge in [0.05, 0.1) is 17.6 Å². The molecule has 110 valence electrons. The highest BCUT2D eigenvalue weighted by atomic mass is 16.7. The molecule has 1 unspecified atom stereocenters. The van der Waals surface area contributed by atoms with E-state index in [0.29, 0.717) is 13.0 Å². The average Bonchev–Trinajstić information content (AvgIpc) is 2.99. The minimum Gasteiger partial charge on any atom is -0.454 e. The molecule has 0 aromatic heterocycles. The second kappa shape index (κ2) is 3.80. The summed E-state index contributed by atoms with van der Waals surface area (Å²) in [5, 5.41) is 20.7. The summed E-state index contributed by atoms with van der Waals surface area (Å²) in [6, 6.07) is 4.22. The average molecular weight is 287 g/mol. The van der Waals surface area contributed by atoms with Crippen molar-refractivity contribution in [2.45, 2.75) is 36.6 Å². The molecule has 5 rings (SSSR count). The van der Waals surface area contributed by atoms with Gasteiger partial charge in [-0.1, -0.05) is 12.2 Å². The number of rotatable bonds is 0. The van der Waals surface area contributed by atoms with Crippen LogP contribution >= 0.6 is 0 Å². The summed E-state index contributed by atoms with van der Waals surface area (Å²) in [6.45, 7) is 1.69. The molecule has 0 saturated carbocycles. The number of aliphatic hydroxyl groups is 2. The van der Waals surface area contributed by atoms with Crippen molar-refractivity contribution in [3.63, 3.8) is 0 Å². The molecule has 0 radical (unpaired) electrons. The topological polar surface area (TPSA) is 62.2 Å². The molecule has 5 heteroatoms. The molecule has 2 N–H and O–H groups in total. The van der Waals surface area contributed by atoms with Gasteiger partial charge in [0.25, 0.3) is 0 Å². The first-order valence-corrected chi connectivity index (χ1v) is 7.41. The fourth-order valence-electron chi connectivity index (χ4n) is 4.53. The molecule has 1 aliphatic carbocycles. The van der Waals surface area contributed by atoms with Gasteiger partial charge in [-0.15, -0.1) is 0 Å². The number of nitrogens with zero attached hydrogens (tertiary/aromatic N) is 1. The fourth-order valence-corrected chi connectivity index (χ4v) is 4.53. The molecule has 1 aromatic carbocycles. The maximum atomic E-state index is 10.7. The Morgan fingerprint density at radius 2 is 2.00 bits per heavy atom. The zero-order chi connectivity index (χ0) is 14.2. The summed E-state index contributed by atoms with van der Waals surface area (Å²) in [4.78, 5) is 2.28. The van der Waals surface area contributed by atoms with Crippen molar-refractivity contribution >= 4 is 0 Å². The van der Waals surface area contributed by atoms with Gasteiger partial charge < -0.3 is 19.7 Å². The van der Waals surface area contributed by atoms with Gasteiger partial charge in [-0.3, -0.25) is 4.90 Å². The molecule has 5 atom stereocenters. The Kier molecular flexibility index (Phi) is 2.17. The molecular formula is C16H17NO4. The van der Waals surface area contributed by atoms with Gasteiger partial charge in [0.2, 0.25) is 6.79 Å². The van der Waals surface area contributed by atoms with Crippen molar-refractivity contribution in [2.24, 2.45) is 0 Å². The zero-order valence-electron chi connectivity index (χ0n) is 11.5. The molecular weight excluding hydrogens is 270 g/mol. The van der Waals surface area contributed by atoms with Crippen LogP contribution in [0.4, 0.5) is 0 Å². The van der Waals surface area contributed by atoms with Crippen LogP contribution in [0.3, 0.4) is 0 Å². The van der Waals surface area contributed by atoms with E-state index in [1.54, 1.807) is 0 Å². The van der Waals surface area contributed by atoms with Crippen LogP contribution in [0.25, 0.3) is 0 Å². The predicted octanol–water partition coefficient (Wildman–Crippen LogP) is 0.533. The van der Waals surface area contributed by atoms with Crippen LogP contribution < -0.4 is 9.47 Å². The van der Waals surface area contributed by atoms with Crippen molar-refractivity contribution in [3.05, 3.63) is 35.4 Å². The largest absolute Gasteiger partial charge is 0.454 e. The molecule has 1 fully saturated rings. The summed E-state index contributed by atoms with van der Waals surface area (Å²) in [5.41, 5.74) is 1.89. The fraction of sp³-hybridized carbons (Fsp3) is 0.500. The van der Waals surface area contributed by atoms with Gasteiger partial charge in [0, 0.05) is 19.1 Å². The van der Waals surface area contributed by atoms with Crippen molar-refractivity contribution < 1.29 is 19.7 Å². The zero-order valence-corrected chi connectivity index (χ0v) is 11.5. The molecule has 0 amide bonds.